The summed E-state index contributed by atoms with van der Waals surface area (Å²) in [5.74, 6) is 1.09. The molecular formula is C17H20BrFN2O. The molecule has 1 aromatic carbocycles. The summed E-state index contributed by atoms with van der Waals surface area (Å²) in [5.41, 5.74) is 1.69. The molecule has 0 bridgehead atoms. The maximum absolute atomic E-state index is 14.0. The molecule has 0 unspecified atom stereocenters. The van der Waals surface area contributed by atoms with E-state index in [1.807, 2.05) is 12.1 Å². The van der Waals surface area contributed by atoms with E-state index < -0.39 is 0 Å². The van der Waals surface area contributed by atoms with E-state index >= 15 is 0 Å². The van der Waals surface area contributed by atoms with E-state index in [2.05, 4.69) is 39.8 Å². The zero-order valence-corrected chi connectivity index (χ0v) is 14.4. The normalized spacial score (nSPS) is 19.2. The van der Waals surface area contributed by atoms with Crippen molar-refractivity contribution in [2.24, 2.45) is 0 Å². The highest BCUT2D eigenvalue weighted by molar-refractivity contribution is 9.10. The highest BCUT2D eigenvalue weighted by Gasteiger charge is 2.29. The third-order valence-electron chi connectivity index (χ3n) is 4.20. The second kappa shape index (κ2) is 6.50. The number of likely N-dealkylation sites (tertiary alicyclic amines) is 1. The van der Waals surface area contributed by atoms with E-state index in [0.29, 0.717) is 18.0 Å². The van der Waals surface area contributed by atoms with Crippen LogP contribution in [0, 0.1) is 5.82 Å². The molecule has 3 nitrogen and oxygen atoms in total. The van der Waals surface area contributed by atoms with Gasteiger partial charge in [-0.3, -0.25) is 4.90 Å². The van der Waals surface area contributed by atoms with Gasteiger partial charge in [0.15, 0.2) is 0 Å². The van der Waals surface area contributed by atoms with Crippen molar-refractivity contribution in [3.8, 4) is 0 Å². The minimum absolute atomic E-state index is 0.156. The van der Waals surface area contributed by atoms with Crippen LogP contribution in [0.3, 0.4) is 0 Å². The predicted molar refractivity (Wildman–Crippen MR) is 87.1 cm³/mol. The molecule has 2 heterocycles. The van der Waals surface area contributed by atoms with Crippen LogP contribution in [0.2, 0.25) is 0 Å². The van der Waals surface area contributed by atoms with Crippen molar-refractivity contribution >= 4 is 15.9 Å². The van der Waals surface area contributed by atoms with E-state index in [1.54, 1.807) is 6.07 Å². The third-order valence-corrected chi connectivity index (χ3v) is 4.70. The Morgan fingerprint density at radius 2 is 2.23 bits per heavy atom. The Balaban J connectivity index is 1.79. The first-order valence-corrected chi connectivity index (χ1v) is 8.48. The number of aromatic nitrogens is 1. The topological polar surface area (TPSA) is 29.3 Å². The Morgan fingerprint density at radius 3 is 2.95 bits per heavy atom. The molecule has 0 N–H and O–H groups in total. The highest BCUT2D eigenvalue weighted by atomic mass is 79.9. The fourth-order valence-corrected chi connectivity index (χ4v) is 3.38. The van der Waals surface area contributed by atoms with E-state index in [-0.39, 0.29) is 11.9 Å². The first-order chi connectivity index (χ1) is 10.5. The van der Waals surface area contributed by atoms with Crippen LogP contribution < -0.4 is 0 Å². The number of benzene rings is 1. The van der Waals surface area contributed by atoms with Crippen LogP contribution in [0.5, 0.6) is 0 Å². The minimum Gasteiger partial charge on any atom is -0.361 e. The molecule has 22 heavy (non-hydrogen) atoms. The SMILES string of the molecule is CC(C)c1cc([C@@H]2CCCN2Cc2cc(Br)ccc2F)no1. The van der Waals surface area contributed by atoms with Gasteiger partial charge in [-0.2, -0.15) is 0 Å². The van der Waals surface area contributed by atoms with Gasteiger partial charge in [-0.1, -0.05) is 34.9 Å². The fourth-order valence-electron chi connectivity index (χ4n) is 2.97. The molecule has 1 fully saturated rings. The van der Waals surface area contributed by atoms with Gasteiger partial charge in [0.25, 0.3) is 0 Å². The largest absolute Gasteiger partial charge is 0.361 e. The summed E-state index contributed by atoms with van der Waals surface area (Å²) in [4.78, 5) is 2.28. The van der Waals surface area contributed by atoms with Gasteiger partial charge in [-0.15, -0.1) is 0 Å². The first kappa shape index (κ1) is 15.7. The van der Waals surface area contributed by atoms with Crippen LogP contribution in [0.4, 0.5) is 4.39 Å². The first-order valence-electron chi connectivity index (χ1n) is 7.69. The summed E-state index contributed by atoms with van der Waals surface area (Å²) in [7, 11) is 0. The average molecular weight is 367 g/mol. The Morgan fingerprint density at radius 1 is 1.41 bits per heavy atom. The van der Waals surface area contributed by atoms with E-state index in [9.17, 15) is 4.39 Å². The third kappa shape index (κ3) is 3.25. The number of hydrogen-bond acceptors (Lipinski definition) is 3. The summed E-state index contributed by atoms with van der Waals surface area (Å²) in [6.07, 6.45) is 2.14. The molecule has 5 heteroatoms. The monoisotopic (exact) mass is 366 g/mol. The molecule has 0 spiro atoms. The zero-order valence-electron chi connectivity index (χ0n) is 12.9. The molecule has 0 aliphatic carbocycles. The van der Waals surface area contributed by atoms with Crippen molar-refractivity contribution in [3.63, 3.8) is 0 Å². The van der Waals surface area contributed by atoms with Gasteiger partial charge in [-0.05, 0) is 37.6 Å². The van der Waals surface area contributed by atoms with Crippen LogP contribution >= 0.6 is 15.9 Å². The molecule has 1 saturated heterocycles. The maximum Gasteiger partial charge on any atom is 0.139 e. The van der Waals surface area contributed by atoms with Crippen molar-refractivity contribution < 1.29 is 8.91 Å². The average Bonchev–Trinajstić information content (AvgIpc) is 3.11. The molecule has 2 aromatic rings. The summed E-state index contributed by atoms with van der Waals surface area (Å²) in [6, 6.07) is 7.36. The van der Waals surface area contributed by atoms with Gasteiger partial charge in [-0.25, -0.2) is 4.39 Å². The van der Waals surface area contributed by atoms with Crippen molar-refractivity contribution in [3.05, 3.63) is 51.6 Å². The summed E-state index contributed by atoms with van der Waals surface area (Å²) in [6.45, 7) is 5.74. The van der Waals surface area contributed by atoms with Crippen molar-refractivity contribution in [2.75, 3.05) is 6.54 Å². The van der Waals surface area contributed by atoms with Crippen LogP contribution in [0.15, 0.2) is 33.3 Å². The van der Waals surface area contributed by atoms with Gasteiger partial charge >= 0.3 is 0 Å². The van der Waals surface area contributed by atoms with Gasteiger partial charge < -0.3 is 4.52 Å². The van der Waals surface area contributed by atoms with E-state index in [0.717, 1.165) is 35.3 Å². The quantitative estimate of drug-likeness (QED) is 0.759. The van der Waals surface area contributed by atoms with Crippen LogP contribution in [0.25, 0.3) is 0 Å². The lowest BCUT2D eigenvalue weighted by atomic mass is 10.1. The zero-order chi connectivity index (χ0) is 15.7. The van der Waals surface area contributed by atoms with Crippen molar-refractivity contribution in [1.29, 1.82) is 0 Å². The lowest BCUT2D eigenvalue weighted by Gasteiger charge is -2.23. The van der Waals surface area contributed by atoms with Crippen molar-refractivity contribution in [1.82, 2.24) is 10.1 Å². The van der Waals surface area contributed by atoms with Crippen molar-refractivity contribution in [2.45, 2.75) is 45.2 Å². The maximum atomic E-state index is 14.0. The molecule has 118 valence electrons. The second-order valence-corrected chi connectivity index (χ2v) is 7.09. The second-order valence-electron chi connectivity index (χ2n) is 6.17. The molecule has 0 radical (unpaired) electrons. The van der Waals surface area contributed by atoms with Crippen LogP contribution in [-0.2, 0) is 6.54 Å². The number of rotatable bonds is 4. The summed E-state index contributed by atoms with van der Waals surface area (Å²) >= 11 is 3.41. The molecule has 0 amide bonds. The lowest BCUT2D eigenvalue weighted by molar-refractivity contribution is 0.233. The molecular weight excluding hydrogens is 347 g/mol. The van der Waals surface area contributed by atoms with Gasteiger partial charge in [0.1, 0.15) is 17.3 Å². The highest BCUT2D eigenvalue weighted by Crippen LogP contribution is 2.34. The number of hydrogen-bond donors (Lipinski definition) is 0. The Kier molecular flexibility index (Phi) is 4.64. The Labute approximate surface area is 138 Å². The molecule has 1 atom stereocenters. The summed E-state index contributed by atoms with van der Waals surface area (Å²) in [5, 5.41) is 4.23. The van der Waals surface area contributed by atoms with E-state index in [4.69, 9.17) is 4.52 Å². The lowest BCUT2D eigenvalue weighted by Crippen LogP contribution is -2.23. The molecule has 1 aliphatic rings. The molecule has 0 saturated carbocycles. The van der Waals surface area contributed by atoms with Gasteiger partial charge in [0.05, 0.1) is 6.04 Å². The molecule has 3 rings (SSSR count). The van der Waals surface area contributed by atoms with Gasteiger partial charge in [0.2, 0.25) is 0 Å². The molecule has 1 aliphatic heterocycles. The predicted octanol–water partition coefficient (Wildman–Crippen LogP) is 5.04. The Bertz CT molecular complexity index is 656. The van der Waals surface area contributed by atoms with Crippen LogP contribution in [0.1, 0.15) is 55.7 Å². The fraction of sp³-hybridized carbons (Fsp3) is 0.471. The smallest absolute Gasteiger partial charge is 0.139 e. The Hall–Kier alpha value is -1.20. The summed E-state index contributed by atoms with van der Waals surface area (Å²) < 4.78 is 20.3. The number of halogens is 2. The molecule has 1 aromatic heterocycles. The van der Waals surface area contributed by atoms with Crippen LogP contribution in [-0.4, -0.2) is 16.6 Å². The minimum atomic E-state index is -0.156. The standard InChI is InChI=1S/C17H20BrFN2O/c1-11(2)17-9-15(20-22-17)16-4-3-7-21(16)10-12-8-13(18)5-6-14(12)19/h5-6,8-9,11,16H,3-4,7,10H2,1-2H3/t16-/m0/s1. The van der Waals surface area contributed by atoms with E-state index in [1.165, 1.54) is 6.07 Å². The van der Waals surface area contributed by atoms with Gasteiger partial charge in [0, 0.05) is 28.6 Å². The number of nitrogens with zero attached hydrogens (tertiary/aromatic N) is 2.